The Balaban J connectivity index is 2.76. The van der Waals surface area contributed by atoms with Crippen molar-refractivity contribution < 1.29 is 0 Å². The zero-order valence-electron chi connectivity index (χ0n) is 5.93. The fourth-order valence-corrected chi connectivity index (χ4v) is 0.834. The van der Waals surface area contributed by atoms with Gasteiger partial charge in [-0.3, -0.25) is 0 Å². The Morgan fingerprint density at radius 2 is 1.56 bits per heavy atom. The predicted octanol–water partition coefficient (Wildman–Crippen LogP) is 1.25. The second-order valence-corrected chi connectivity index (χ2v) is 3.14. The molecule has 1 aliphatic heterocycles. The van der Waals surface area contributed by atoms with Crippen LogP contribution in [-0.2, 0) is 0 Å². The smallest absolute Gasteiger partial charge is 0.187 e. The van der Waals surface area contributed by atoms with Crippen molar-refractivity contribution in [1.29, 1.82) is 0 Å². The average Bonchev–Trinajstić information content (AvgIpc) is 1.96. The summed E-state index contributed by atoms with van der Waals surface area (Å²) in [4.78, 5) is 3.91. The van der Waals surface area contributed by atoms with E-state index in [0.29, 0.717) is 0 Å². The summed E-state index contributed by atoms with van der Waals surface area (Å²) < 4.78 is 0. The molecule has 0 aromatic rings. The highest BCUT2D eigenvalue weighted by Gasteiger charge is 2.31. The maximum absolute atomic E-state index is 6.06. The van der Waals surface area contributed by atoms with Crippen molar-refractivity contribution in [1.82, 2.24) is 9.80 Å². The van der Waals surface area contributed by atoms with Crippen LogP contribution in [-0.4, -0.2) is 29.0 Å². The van der Waals surface area contributed by atoms with Gasteiger partial charge in [-0.2, -0.15) is 0 Å². The molecule has 0 aliphatic carbocycles. The molecular formula is C6H11ClN2. The van der Waals surface area contributed by atoms with Crippen LogP contribution in [0.1, 0.15) is 6.92 Å². The zero-order chi connectivity index (χ0) is 7.07. The lowest BCUT2D eigenvalue weighted by atomic mass is 10.5. The van der Waals surface area contributed by atoms with Gasteiger partial charge in [-0.05, 0) is 6.92 Å². The van der Waals surface area contributed by atoms with E-state index in [-0.39, 0.29) is 5.12 Å². The molecule has 1 aliphatic rings. The molecule has 0 aromatic carbocycles. The van der Waals surface area contributed by atoms with Gasteiger partial charge in [-0.1, -0.05) is 11.6 Å². The third-order valence-electron chi connectivity index (χ3n) is 1.80. The van der Waals surface area contributed by atoms with E-state index in [1.807, 2.05) is 43.2 Å². The summed E-state index contributed by atoms with van der Waals surface area (Å²) in [5.74, 6) is 0. The summed E-state index contributed by atoms with van der Waals surface area (Å²) in [6.07, 6.45) is 3.90. The number of halogens is 1. The lowest BCUT2D eigenvalue weighted by molar-refractivity contribution is 0.178. The molecule has 0 saturated carbocycles. The van der Waals surface area contributed by atoms with Gasteiger partial charge in [-0.15, -0.1) is 0 Å². The zero-order valence-corrected chi connectivity index (χ0v) is 6.68. The van der Waals surface area contributed by atoms with Gasteiger partial charge in [0.2, 0.25) is 0 Å². The van der Waals surface area contributed by atoms with Gasteiger partial charge in [0.1, 0.15) is 0 Å². The van der Waals surface area contributed by atoms with Crippen LogP contribution in [0.3, 0.4) is 0 Å². The molecule has 0 unspecified atom stereocenters. The maximum Gasteiger partial charge on any atom is 0.187 e. The Kier molecular flexibility index (Phi) is 1.35. The number of alkyl halides is 1. The quantitative estimate of drug-likeness (QED) is 0.375. The molecule has 0 N–H and O–H groups in total. The van der Waals surface area contributed by atoms with Gasteiger partial charge in [0.15, 0.2) is 5.12 Å². The highest BCUT2D eigenvalue weighted by Crippen LogP contribution is 2.27. The van der Waals surface area contributed by atoms with Gasteiger partial charge in [0, 0.05) is 26.5 Å². The molecule has 0 aromatic heterocycles. The van der Waals surface area contributed by atoms with E-state index in [4.69, 9.17) is 11.6 Å². The molecule has 52 valence electrons. The van der Waals surface area contributed by atoms with Crippen LogP contribution in [0.4, 0.5) is 0 Å². The van der Waals surface area contributed by atoms with Crippen molar-refractivity contribution in [2.24, 2.45) is 0 Å². The Labute approximate surface area is 60.7 Å². The van der Waals surface area contributed by atoms with Crippen molar-refractivity contribution in [2.75, 3.05) is 14.1 Å². The Hall–Kier alpha value is -0.370. The van der Waals surface area contributed by atoms with Gasteiger partial charge in [-0.25, -0.2) is 0 Å². The first kappa shape index (κ1) is 6.75. The molecule has 0 bridgehead atoms. The molecule has 3 heteroatoms. The average molecular weight is 147 g/mol. The fraction of sp³-hybridized carbons (Fsp3) is 0.667. The topological polar surface area (TPSA) is 6.48 Å². The van der Waals surface area contributed by atoms with Crippen LogP contribution < -0.4 is 0 Å². The summed E-state index contributed by atoms with van der Waals surface area (Å²) in [6, 6.07) is 0. The third-order valence-corrected chi connectivity index (χ3v) is 2.33. The summed E-state index contributed by atoms with van der Waals surface area (Å²) in [5, 5.41) is -0.361. The minimum atomic E-state index is -0.361. The third kappa shape index (κ3) is 0.874. The van der Waals surface area contributed by atoms with Crippen LogP contribution in [0, 0.1) is 0 Å². The first-order valence-corrected chi connectivity index (χ1v) is 3.26. The predicted molar refractivity (Wildman–Crippen MR) is 38.9 cm³/mol. The largest absolute Gasteiger partial charge is 0.344 e. The Morgan fingerprint density at radius 1 is 1.22 bits per heavy atom. The molecule has 0 spiro atoms. The van der Waals surface area contributed by atoms with Crippen molar-refractivity contribution in [3.63, 3.8) is 0 Å². The van der Waals surface area contributed by atoms with E-state index < -0.39 is 0 Å². The first-order valence-electron chi connectivity index (χ1n) is 2.88. The normalized spacial score (nSPS) is 23.6. The summed E-state index contributed by atoms with van der Waals surface area (Å²) in [6.45, 7) is 1.95. The minimum Gasteiger partial charge on any atom is -0.344 e. The van der Waals surface area contributed by atoms with Crippen LogP contribution in [0.25, 0.3) is 0 Å². The van der Waals surface area contributed by atoms with Crippen molar-refractivity contribution in [3.05, 3.63) is 12.4 Å². The van der Waals surface area contributed by atoms with Gasteiger partial charge in [0.05, 0.1) is 0 Å². The van der Waals surface area contributed by atoms with E-state index in [0.717, 1.165) is 0 Å². The van der Waals surface area contributed by atoms with E-state index in [9.17, 15) is 0 Å². The summed E-state index contributed by atoms with van der Waals surface area (Å²) in [7, 11) is 3.90. The standard InChI is InChI=1S/C6H11ClN2/c1-6(7)8(2)4-5-9(6)3/h4-5H,1-3H3. The number of rotatable bonds is 0. The summed E-state index contributed by atoms with van der Waals surface area (Å²) >= 11 is 6.06. The van der Waals surface area contributed by atoms with Gasteiger partial charge >= 0.3 is 0 Å². The Bertz CT molecular complexity index is 128. The van der Waals surface area contributed by atoms with E-state index in [1.54, 1.807) is 0 Å². The van der Waals surface area contributed by atoms with Crippen molar-refractivity contribution in [3.8, 4) is 0 Å². The molecule has 9 heavy (non-hydrogen) atoms. The van der Waals surface area contributed by atoms with Gasteiger partial charge in [0.25, 0.3) is 0 Å². The molecule has 0 atom stereocenters. The molecule has 1 rings (SSSR count). The molecular weight excluding hydrogens is 136 g/mol. The molecule has 1 heterocycles. The lowest BCUT2D eigenvalue weighted by Gasteiger charge is -2.32. The first-order chi connectivity index (χ1) is 4.05. The number of hydrogen-bond donors (Lipinski definition) is 0. The highest BCUT2D eigenvalue weighted by molar-refractivity contribution is 6.23. The molecule has 2 nitrogen and oxygen atoms in total. The van der Waals surface area contributed by atoms with Crippen LogP contribution in [0.2, 0.25) is 0 Å². The second-order valence-electron chi connectivity index (χ2n) is 2.43. The molecule has 0 amide bonds. The van der Waals surface area contributed by atoms with Crippen LogP contribution >= 0.6 is 11.6 Å². The van der Waals surface area contributed by atoms with Gasteiger partial charge < -0.3 is 9.80 Å². The molecule has 0 saturated heterocycles. The van der Waals surface area contributed by atoms with E-state index in [1.165, 1.54) is 0 Å². The maximum atomic E-state index is 6.06. The second kappa shape index (κ2) is 1.81. The highest BCUT2D eigenvalue weighted by atomic mass is 35.5. The van der Waals surface area contributed by atoms with Crippen molar-refractivity contribution >= 4 is 11.6 Å². The minimum absolute atomic E-state index is 0.361. The van der Waals surface area contributed by atoms with E-state index in [2.05, 4.69) is 0 Å². The van der Waals surface area contributed by atoms with Crippen LogP contribution in [0.5, 0.6) is 0 Å². The number of hydrogen-bond acceptors (Lipinski definition) is 2. The SMILES string of the molecule is CN1C=CN(C)C1(C)Cl. The molecule has 0 fully saturated rings. The monoisotopic (exact) mass is 146 g/mol. The van der Waals surface area contributed by atoms with Crippen LogP contribution in [0.15, 0.2) is 12.4 Å². The number of nitrogens with zero attached hydrogens (tertiary/aromatic N) is 2. The summed E-state index contributed by atoms with van der Waals surface area (Å²) in [5.41, 5.74) is 0. The van der Waals surface area contributed by atoms with E-state index >= 15 is 0 Å². The molecule has 0 radical (unpaired) electrons. The fourth-order valence-electron chi connectivity index (χ4n) is 0.721. The van der Waals surface area contributed by atoms with Crippen molar-refractivity contribution in [2.45, 2.75) is 12.0 Å². The lowest BCUT2D eigenvalue weighted by Crippen LogP contribution is -2.41. The Morgan fingerprint density at radius 3 is 1.67 bits per heavy atom.